The molecule has 1 aromatic carbocycles. The lowest BCUT2D eigenvalue weighted by Gasteiger charge is -2.21. The summed E-state index contributed by atoms with van der Waals surface area (Å²) in [6.45, 7) is 3.58. The van der Waals surface area contributed by atoms with Crippen LogP contribution in [0.15, 0.2) is 24.3 Å². The maximum Gasteiger partial charge on any atom is 0.335 e. The first-order valence-electron chi connectivity index (χ1n) is 7.70. The van der Waals surface area contributed by atoms with E-state index in [0.29, 0.717) is 18.9 Å². The smallest absolute Gasteiger partial charge is 0.335 e. The van der Waals surface area contributed by atoms with Crippen LogP contribution in [-0.4, -0.2) is 28.4 Å². The molecule has 21 heavy (non-hydrogen) atoms. The van der Waals surface area contributed by atoms with Gasteiger partial charge in [0.2, 0.25) is 5.91 Å². The Kier molecular flexibility index (Phi) is 5.37. The van der Waals surface area contributed by atoms with Crippen molar-refractivity contribution in [1.29, 1.82) is 0 Å². The summed E-state index contributed by atoms with van der Waals surface area (Å²) in [7, 11) is 0. The summed E-state index contributed by atoms with van der Waals surface area (Å²) in [5.41, 5.74) is 1.27. The van der Waals surface area contributed by atoms with E-state index in [1.54, 1.807) is 24.3 Å². The number of rotatable bonds is 5. The average molecular weight is 289 g/mol. The Morgan fingerprint density at radius 3 is 2.62 bits per heavy atom. The zero-order valence-electron chi connectivity index (χ0n) is 12.5. The van der Waals surface area contributed by atoms with Gasteiger partial charge in [-0.1, -0.05) is 31.9 Å². The Bertz CT molecular complexity index is 495. The van der Waals surface area contributed by atoms with Gasteiger partial charge in [-0.25, -0.2) is 4.79 Å². The van der Waals surface area contributed by atoms with Crippen molar-refractivity contribution in [3.05, 3.63) is 35.4 Å². The Labute approximate surface area is 125 Å². The number of nitrogens with zero attached hydrogens (tertiary/aromatic N) is 1. The molecule has 1 atom stereocenters. The number of likely N-dealkylation sites (tertiary alicyclic amines) is 1. The van der Waals surface area contributed by atoms with E-state index in [1.165, 1.54) is 12.8 Å². The minimum absolute atomic E-state index is 0.218. The highest BCUT2D eigenvalue weighted by atomic mass is 16.4. The number of benzene rings is 1. The van der Waals surface area contributed by atoms with Crippen LogP contribution in [0.1, 0.15) is 54.9 Å². The van der Waals surface area contributed by atoms with E-state index in [1.807, 2.05) is 4.90 Å². The molecule has 1 saturated heterocycles. The van der Waals surface area contributed by atoms with E-state index in [9.17, 15) is 9.59 Å². The number of carboxylic acids is 1. The summed E-state index contributed by atoms with van der Waals surface area (Å²) >= 11 is 0. The summed E-state index contributed by atoms with van der Waals surface area (Å²) in [6, 6.07) is 6.79. The number of carbonyl (C=O) groups is 2. The van der Waals surface area contributed by atoms with Gasteiger partial charge in [0.05, 0.1) is 5.56 Å². The average Bonchev–Trinajstić information content (AvgIpc) is 2.64. The number of aromatic carboxylic acids is 1. The monoisotopic (exact) mass is 289 g/mol. The molecule has 1 amide bonds. The van der Waals surface area contributed by atoms with Gasteiger partial charge in [0.1, 0.15) is 0 Å². The molecule has 1 heterocycles. The van der Waals surface area contributed by atoms with Crippen molar-refractivity contribution in [3.8, 4) is 0 Å². The summed E-state index contributed by atoms with van der Waals surface area (Å²) in [4.78, 5) is 24.9. The third-order valence-corrected chi connectivity index (χ3v) is 4.20. The molecular formula is C17H23NO3. The number of hydrogen-bond acceptors (Lipinski definition) is 2. The van der Waals surface area contributed by atoms with Crippen LogP contribution < -0.4 is 0 Å². The quantitative estimate of drug-likeness (QED) is 0.904. The molecule has 1 unspecified atom stereocenters. The van der Waals surface area contributed by atoms with Crippen molar-refractivity contribution >= 4 is 11.9 Å². The second kappa shape index (κ2) is 7.25. The standard InChI is InChI=1S/C17H23NO3/c1-2-3-13-6-9-16(19)18(11-10-13)12-14-4-7-15(8-5-14)17(20)21/h4-5,7-8,13H,2-3,6,9-12H2,1H3,(H,20,21). The summed E-state index contributed by atoms with van der Waals surface area (Å²) in [5.74, 6) is -0.0379. The van der Waals surface area contributed by atoms with Crippen molar-refractivity contribution in [3.63, 3.8) is 0 Å². The normalized spacial score (nSPS) is 19.4. The lowest BCUT2D eigenvalue weighted by molar-refractivity contribution is -0.131. The fourth-order valence-electron chi connectivity index (χ4n) is 2.93. The SMILES string of the molecule is CCCC1CCC(=O)N(Cc2ccc(C(=O)O)cc2)CC1. The van der Waals surface area contributed by atoms with Crippen LogP contribution in [0.4, 0.5) is 0 Å². The van der Waals surface area contributed by atoms with Crippen LogP contribution in [0, 0.1) is 5.92 Å². The van der Waals surface area contributed by atoms with Crippen molar-refractivity contribution < 1.29 is 14.7 Å². The molecule has 0 bridgehead atoms. The molecule has 0 saturated carbocycles. The van der Waals surface area contributed by atoms with Crippen LogP contribution in [0.25, 0.3) is 0 Å². The lowest BCUT2D eigenvalue weighted by atomic mass is 9.96. The largest absolute Gasteiger partial charge is 0.478 e. The van der Waals surface area contributed by atoms with E-state index >= 15 is 0 Å². The summed E-state index contributed by atoms with van der Waals surface area (Å²) < 4.78 is 0. The molecule has 0 radical (unpaired) electrons. The maximum atomic E-state index is 12.2. The molecular weight excluding hydrogens is 266 g/mol. The van der Waals surface area contributed by atoms with Gasteiger partial charge in [-0.2, -0.15) is 0 Å². The molecule has 1 N–H and O–H groups in total. The first kappa shape index (κ1) is 15.5. The Balaban J connectivity index is 1.97. The van der Waals surface area contributed by atoms with Crippen molar-refractivity contribution in [1.82, 2.24) is 4.90 Å². The van der Waals surface area contributed by atoms with E-state index < -0.39 is 5.97 Å². The van der Waals surface area contributed by atoms with Gasteiger partial charge >= 0.3 is 5.97 Å². The van der Waals surface area contributed by atoms with Gasteiger partial charge in [0.15, 0.2) is 0 Å². The van der Waals surface area contributed by atoms with Gasteiger partial charge < -0.3 is 10.0 Å². The highest BCUT2D eigenvalue weighted by Gasteiger charge is 2.22. The Hall–Kier alpha value is -1.84. The second-order valence-corrected chi connectivity index (χ2v) is 5.80. The molecule has 1 aliphatic heterocycles. The zero-order chi connectivity index (χ0) is 15.2. The molecule has 0 aliphatic carbocycles. The number of hydrogen-bond donors (Lipinski definition) is 1. The predicted octanol–water partition coefficient (Wildman–Crippen LogP) is 3.31. The lowest BCUT2D eigenvalue weighted by Crippen LogP contribution is -2.29. The molecule has 1 aromatic rings. The fourth-order valence-corrected chi connectivity index (χ4v) is 2.93. The fraction of sp³-hybridized carbons (Fsp3) is 0.529. The van der Waals surface area contributed by atoms with Gasteiger partial charge in [0, 0.05) is 19.5 Å². The van der Waals surface area contributed by atoms with Crippen LogP contribution in [-0.2, 0) is 11.3 Å². The number of amides is 1. The van der Waals surface area contributed by atoms with Crippen LogP contribution >= 0.6 is 0 Å². The van der Waals surface area contributed by atoms with Crippen LogP contribution in [0.5, 0.6) is 0 Å². The number of carboxylic acid groups (broad SMARTS) is 1. The van der Waals surface area contributed by atoms with E-state index in [0.717, 1.165) is 24.9 Å². The second-order valence-electron chi connectivity index (χ2n) is 5.80. The summed E-state index contributed by atoms with van der Waals surface area (Å²) in [6.07, 6.45) is 5.09. The van der Waals surface area contributed by atoms with Crippen molar-refractivity contribution in [2.75, 3.05) is 6.54 Å². The third kappa shape index (κ3) is 4.31. The van der Waals surface area contributed by atoms with Gasteiger partial charge in [-0.3, -0.25) is 4.79 Å². The van der Waals surface area contributed by atoms with Gasteiger partial charge in [0.25, 0.3) is 0 Å². The van der Waals surface area contributed by atoms with E-state index in [-0.39, 0.29) is 11.5 Å². The molecule has 0 aromatic heterocycles. The van der Waals surface area contributed by atoms with Crippen LogP contribution in [0.2, 0.25) is 0 Å². The molecule has 2 rings (SSSR count). The molecule has 0 spiro atoms. The predicted molar refractivity (Wildman–Crippen MR) is 81.1 cm³/mol. The highest BCUT2D eigenvalue weighted by Crippen LogP contribution is 2.23. The van der Waals surface area contributed by atoms with Crippen molar-refractivity contribution in [2.24, 2.45) is 5.92 Å². The van der Waals surface area contributed by atoms with E-state index in [4.69, 9.17) is 5.11 Å². The zero-order valence-corrected chi connectivity index (χ0v) is 12.5. The molecule has 1 aliphatic rings. The first-order valence-corrected chi connectivity index (χ1v) is 7.70. The van der Waals surface area contributed by atoms with Gasteiger partial charge in [-0.15, -0.1) is 0 Å². The Morgan fingerprint density at radius 1 is 1.29 bits per heavy atom. The van der Waals surface area contributed by atoms with Crippen molar-refractivity contribution in [2.45, 2.75) is 45.6 Å². The molecule has 4 nitrogen and oxygen atoms in total. The minimum Gasteiger partial charge on any atom is -0.478 e. The molecule has 4 heteroatoms. The van der Waals surface area contributed by atoms with E-state index in [2.05, 4.69) is 6.92 Å². The maximum absolute atomic E-state index is 12.2. The molecule has 114 valence electrons. The number of carbonyl (C=O) groups excluding carboxylic acids is 1. The van der Waals surface area contributed by atoms with Gasteiger partial charge in [-0.05, 0) is 36.5 Å². The van der Waals surface area contributed by atoms with Crippen LogP contribution in [0.3, 0.4) is 0 Å². The first-order chi connectivity index (χ1) is 10.1. The third-order valence-electron chi connectivity index (χ3n) is 4.20. The minimum atomic E-state index is -0.921. The topological polar surface area (TPSA) is 57.6 Å². The molecule has 1 fully saturated rings. The summed E-state index contributed by atoms with van der Waals surface area (Å²) in [5, 5.41) is 8.89. The highest BCUT2D eigenvalue weighted by molar-refractivity contribution is 5.87. The Morgan fingerprint density at radius 2 is 2.00 bits per heavy atom.